The van der Waals surface area contributed by atoms with Gasteiger partial charge in [0.05, 0.1) is 0 Å². The van der Waals surface area contributed by atoms with Crippen molar-refractivity contribution in [2.75, 3.05) is 6.54 Å². The van der Waals surface area contributed by atoms with Gasteiger partial charge in [0.25, 0.3) is 5.91 Å². The van der Waals surface area contributed by atoms with Crippen LogP contribution in [0, 0.1) is 0 Å². The Labute approximate surface area is 77.8 Å². The summed E-state index contributed by atoms with van der Waals surface area (Å²) in [5.41, 5.74) is 0. The monoisotopic (exact) mass is 185 g/mol. The Morgan fingerprint density at radius 3 is 2.62 bits per heavy atom. The first-order valence-electron chi connectivity index (χ1n) is 4.28. The van der Waals surface area contributed by atoms with E-state index in [1.165, 1.54) is 0 Å². The van der Waals surface area contributed by atoms with Gasteiger partial charge < -0.3 is 4.79 Å². The Hall–Kier alpha value is -1.16. The van der Waals surface area contributed by atoms with Crippen molar-refractivity contribution in [2.24, 2.45) is 0 Å². The minimum absolute atomic E-state index is 0.295. The first-order valence-corrected chi connectivity index (χ1v) is 4.28. The molecule has 0 radical (unpaired) electrons. The Morgan fingerprint density at radius 1 is 1.38 bits per heavy atom. The quantitative estimate of drug-likeness (QED) is 0.213. The molecular formula is C9H15NO3. The largest absolute Gasteiger partial charge is 0.303 e. The van der Waals surface area contributed by atoms with Gasteiger partial charge in [-0.25, -0.2) is 5.06 Å². The van der Waals surface area contributed by atoms with Gasteiger partial charge in [-0.05, 0) is 18.9 Å². The minimum Gasteiger partial charge on any atom is -0.303 e. The van der Waals surface area contributed by atoms with Crippen molar-refractivity contribution in [1.82, 2.24) is 5.06 Å². The fourth-order valence-electron chi connectivity index (χ4n) is 0.882. The number of carbonyl (C=O) groups is 2. The lowest BCUT2D eigenvalue weighted by atomic mass is 10.2. The van der Waals surface area contributed by atoms with Crippen molar-refractivity contribution < 1.29 is 14.8 Å². The Morgan fingerprint density at radius 2 is 2.08 bits per heavy atom. The van der Waals surface area contributed by atoms with E-state index in [-0.39, 0.29) is 0 Å². The van der Waals surface area contributed by atoms with Crippen molar-refractivity contribution in [1.29, 1.82) is 0 Å². The molecule has 13 heavy (non-hydrogen) atoms. The summed E-state index contributed by atoms with van der Waals surface area (Å²) in [7, 11) is 0. The van der Waals surface area contributed by atoms with Crippen molar-refractivity contribution in [3.63, 3.8) is 0 Å². The van der Waals surface area contributed by atoms with E-state index >= 15 is 0 Å². The van der Waals surface area contributed by atoms with Crippen LogP contribution in [0.25, 0.3) is 0 Å². The highest BCUT2D eigenvalue weighted by Crippen LogP contribution is 1.99. The highest BCUT2D eigenvalue weighted by Gasteiger charge is 2.04. The fourth-order valence-corrected chi connectivity index (χ4v) is 0.882. The molecule has 0 spiro atoms. The van der Waals surface area contributed by atoms with Crippen LogP contribution in [-0.2, 0) is 9.59 Å². The normalized spacial score (nSPS) is 9.31. The topological polar surface area (TPSA) is 57.6 Å². The lowest BCUT2D eigenvalue weighted by Crippen LogP contribution is -2.26. The summed E-state index contributed by atoms with van der Waals surface area (Å²) in [6, 6.07) is 0. The van der Waals surface area contributed by atoms with Gasteiger partial charge in [-0.15, -0.1) is 0 Å². The van der Waals surface area contributed by atoms with Gasteiger partial charge in [0.2, 0.25) is 0 Å². The maximum absolute atomic E-state index is 10.7. The molecule has 1 N–H and O–H groups in total. The molecule has 0 unspecified atom stereocenters. The second-order valence-electron chi connectivity index (χ2n) is 2.68. The minimum atomic E-state index is -0.490. The zero-order valence-corrected chi connectivity index (χ0v) is 7.61. The molecule has 0 atom stereocenters. The van der Waals surface area contributed by atoms with E-state index in [9.17, 15) is 9.59 Å². The van der Waals surface area contributed by atoms with E-state index in [1.807, 2.05) is 0 Å². The number of aldehydes is 1. The van der Waals surface area contributed by atoms with Crippen LogP contribution in [0.3, 0.4) is 0 Å². The number of hydroxylamine groups is 2. The van der Waals surface area contributed by atoms with Gasteiger partial charge in [-0.2, -0.15) is 0 Å². The molecule has 0 aliphatic rings. The first kappa shape index (κ1) is 11.8. The van der Waals surface area contributed by atoms with Crippen LogP contribution in [-0.4, -0.2) is 29.0 Å². The number of nitrogens with zero attached hydrogens (tertiary/aromatic N) is 1. The molecule has 4 nitrogen and oxygen atoms in total. The van der Waals surface area contributed by atoms with E-state index in [4.69, 9.17) is 5.21 Å². The predicted octanol–water partition coefficient (Wildman–Crippen LogP) is 1.15. The van der Waals surface area contributed by atoms with Crippen LogP contribution in [0.1, 0.15) is 25.7 Å². The van der Waals surface area contributed by atoms with Crippen LogP contribution in [0.4, 0.5) is 0 Å². The van der Waals surface area contributed by atoms with E-state index < -0.39 is 5.91 Å². The Balaban J connectivity index is 3.36. The summed E-state index contributed by atoms with van der Waals surface area (Å²) in [4.78, 5) is 20.7. The Bertz CT molecular complexity index is 180. The molecule has 0 aromatic carbocycles. The second kappa shape index (κ2) is 7.49. The van der Waals surface area contributed by atoms with Crippen LogP contribution < -0.4 is 0 Å². The number of unbranched alkanes of at least 4 members (excludes halogenated alkanes) is 3. The molecular weight excluding hydrogens is 170 g/mol. The van der Waals surface area contributed by atoms with Crippen molar-refractivity contribution >= 4 is 12.2 Å². The second-order valence-corrected chi connectivity index (χ2v) is 2.68. The number of amides is 1. The molecule has 0 saturated heterocycles. The van der Waals surface area contributed by atoms with E-state index in [0.29, 0.717) is 24.4 Å². The standard InChI is InChI=1S/C9H15NO3/c1-2-9(12)10(13)7-5-3-4-6-8-11/h2,8,13H,1,3-7H2. The molecule has 0 rings (SSSR count). The molecule has 0 heterocycles. The molecule has 0 aliphatic heterocycles. The molecule has 0 aliphatic carbocycles. The summed E-state index contributed by atoms with van der Waals surface area (Å²) < 4.78 is 0. The van der Waals surface area contributed by atoms with Crippen molar-refractivity contribution in [3.05, 3.63) is 12.7 Å². The number of hydrogen-bond acceptors (Lipinski definition) is 3. The molecule has 1 amide bonds. The Kier molecular flexibility index (Phi) is 6.82. The van der Waals surface area contributed by atoms with Crippen LogP contribution in [0.2, 0.25) is 0 Å². The molecule has 74 valence electrons. The molecule has 0 bridgehead atoms. The van der Waals surface area contributed by atoms with E-state index in [0.717, 1.165) is 25.2 Å². The maximum atomic E-state index is 10.7. The highest BCUT2D eigenvalue weighted by molar-refractivity contribution is 5.85. The lowest BCUT2D eigenvalue weighted by Gasteiger charge is -2.11. The average Bonchev–Trinajstić information content (AvgIpc) is 2.16. The van der Waals surface area contributed by atoms with Crippen LogP contribution in [0.15, 0.2) is 12.7 Å². The lowest BCUT2D eigenvalue weighted by molar-refractivity contribution is -0.159. The molecule has 0 fully saturated rings. The van der Waals surface area contributed by atoms with Crippen LogP contribution >= 0.6 is 0 Å². The first-order chi connectivity index (χ1) is 6.22. The average molecular weight is 185 g/mol. The fraction of sp³-hybridized carbons (Fsp3) is 0.556. The summed E-state index contributed by atoms with van der Waals surface area (Å²) in [6.07, 6.45) is 4.81. The third-order valence-corrected chi connectivity index (χ3v) is 1.62. The number of rotatable bonds is 7. The SMILES string of the molecule is C=CC(=O)N(O)CCCCCC=O. The number of carbonyl (C=O) groups excluding carboxylic acids is 2. The molecule has 0 saturated carbocycles. The van der Waals surface area contributed by atoms with Gasteiger partial charge in [0, 0.05) is 13.0 Å². The van der Waals surface area contributed by atoms with Gasteiger partial charge >= 0.3 is 0 Å². The van der Waals surface area contributed by atoms with Crippen LogP contribution in [0.5, 0.6) is 0 Å². The maximum Gasteiger partial charge on any atom is 0.269 e. The molecule has 0 aromatic rings. The molecule has 4 heteroatoms. The van der Waals surface area contributed by atoms with Crippen molar-refractivity contribution in [2.45, 2.75) is 25.7 Å². The summed E-state index contributed by atoms with van der Waals surface area (Å²) in [6.45, 7) is 3.54. The number of hydrogen-bond donors (Lipinski definition) is 1. The zero-order valence-electron chi connectivity index (χ0n) is 7.61. The van der Waals surface area contributed by atoms with Gasteiger partial charge in [-0.3, -0.25) is 10.0 Å². The summed E-state index contributed by atoms with van der Waals surface area (Å²) in [5, 5.41) is 9.65. The van der Waals surface area contributed by atoms with Gasteiger partial charge in [0.15, 0.2) is 0 Å². The summed E-state index contributed by atoms with van der Waals surface area (Å²) >= 11 is 0. The molecule has 0 aromatic heterocycles. The van der Waals surface area contributed by atoms with E-state index in [2.05, 4.69) is 6.58 Å². The zero-order chi connectivity index (χ0) is 10.1. The van der Waals surface area contributed by atoms with E-state index in [1.54, 1.807) is 0 Å². The van der Waals surface area contributed by atoms with Crippen molar-refractivity contribution in [3.8, 4) is 0 Å². The third-order valence-electron chi connectivity index (χ3n) is 1.62. The highest BCUT2D eigenvalue weighted by atomic mass is 16.5. The smallest absolute Gasteiger partial charge is 0.269 e. The predicted molar refractivity (Wildman–Crippen MR) is 48.2 cm³/mol. The van der Waals surface area contributed by atoms with Gasteiger partial charge in [-0.1, -0.05) is 13.0 Å². The third kappa shape index (κ3) is 6.04. The summed E-state index contributed by atoms with van der Waals surface area (Å²) in [5.74, 6) is -0.490. The van der Waals surface area contributed by atoms with Gasteiger partial charge in [0.1, 0.15) is 6.29 Å².